The fourth-order valence-corrected chi connectivity index (χ4v) is 5.15. The molecule has 0 aliphatic carbocycles. The van der Waals surface area contributed by atoms with E-state index in [1.165, 1.54) is 33.2 Å². The van der Waals surface area contributed by atoms with Crippen LogP contribution in [0.3, 0.4) is 0 Å². The van der Waals surface area contributed by atoms with Crippen LogP contribution in [0.2, 0.25) is 0 Å². The van der Waals surface area contributed by atoms with Gasteiger partial charge in [-0.1, -0.05) is 84.4 Å². The number of nitrogens with one attached hydrogen (secondary N) is 1. The zero-order valence-electron chi connectivity index (χ0n) is 22.0. The Morgan fingerprint density at radius 1 is 0.842 bits per heavy atom. The van der Waals surface area contributed by atoms with E-state index in [1.807, 2.05) is 18.2 Å². The molecule has 192 valence electrons. The van der Waals surface area contributed by atoms with Gasteiger partial charge in [-0.2, -0.15) is 0 Å². The molecule has 0 radical (unpaired) electrons. The predicted molar refractivity (Wildman–Crippen MR) is 155 cm³/mol. The highest BCUT2D eigenvalue weighted by atomic mass is 16.1. The van der Waals surface area contributed by atoms with E-state index in [2.05, 4.69) is 107 Å². The molecule has 0 spiro atoms. The first-order valence-corrected chi connectivity index (χ1v) is 13.5. The average Bonchev–Trinajstić information content (AvgIpc) is 3.31. The van der Waals surface area contributed by atoms with Crippen LogP contribution < -0.4 is 5.32 Å². The van der Waals surface area contributed by atoms with Crippen LogP contribution >= 0.6 is 0 Å². The molecule has 0 saturated carbocycles. The number of rotatable bonds is 11. The Hall–Kier alpha value is -4.18. The molecule has 2 aromatic heterocycles. The molecule has 3 aromatic carbocycles. The second-order valence-electron chi connectivity index (χ2n) is 10.1. The number of hydrogen-bond donors (Lipinski definition) is 1. The van der Waals surface area contributed by atoms with E-state index in [-0.39, 0.29) is 11.8 Å². The maximum absolute atomic E-state index is 13.2. The molecule has 38 heavy (non-hydrogen) atoms. The molecule has 0 bridgehead atoms. The van der Waals surface area contributed by atoms with Crippen LogP contribution in [0.5, 0.6) is 0 Å². The van der Waals surface area contributed by atoms with Crippen LogP contribution in [0.1, 0.15) is 46.7 Å². The summed E-state index contributed by atoms with van der Waals surface area (Å²) in [5.74, 6) is 0.212. The van der Waals surface area contributed by atoms with Crippen molar-refractivity contribution < 1.29 is 4.79 Å². The number of hydrogen-bond acceptors (Lipinski definition) is 2. The van der Waals surface area contributed by atoms with Crippen LogP contribution in [0.25, 0.3) is 10.9 Å². The highest BCUT2D eigenvalue weighted by Gasteiger charge is 2.21. The van der Waals surface area contributed by atoms with Crippen LogP contribution in [-0.4, -0.2) is 22.0 Å². The summed E-state index contributed by atoms with van der Waals surface area (Å²) in [4.78, 5) is 17.5. The van der Waals surface area contributed by atoms with Crippen molar-refractivity contribution >= 4 is 16.8 Å². The average molecular weight is 502 g/mol. The number of fused-ring (bicyclic) bond motifs is 1. The standard InChI is InChI=1S/C34H35N3O/c1-26-14-16-28(17-15-26)24-37-25-32(31-12-5-6-13-33(31)37)29(19-18-27-9-3-2-4-10-27)23-34(38)36-22-20-30-11-7-8-21-35-30/h2-17,21,25,29H,18-20,22-24H2,1H3,(H,36,38)/t29-/m1/s1. The molecule has 0 fully saturated rings. The first kappa shape index (κ1) is 25.5. The number of benzene rings is 3. The summed E-state index contributed by atoms with van der Waals surface area (Å²) in [6.45, 7) is 3.52. The Labute approximate surface area is 225 Å². The van der Waals surface area contributed by atoms with E-state index < -0.39 is 0 Å². The lowest BCUT2D eigenvalue weighted by molar-refractivity contribution is -0.121. The lowest BCUT2D eigenvalue weighted by Gasteiger charge is -2.17. The Bertz CT molecular complexity index is 1460. The molecule has 2 heterocycles. The molecule has 5 aromatic rings. The summed E-state index contributed by atoms with van der Waals surface area (Å²) >= 11 is 0. The van der Waals surface area contributed by atoms with Crippen molar-refractivity contribution in [2.75, 3.05) is 6.54 Å². The molecule has 4 heteroatoms. The van der Waals surface area contributed by atoms with Crippen LogP contribution in [0.4, 0.5) is 0 Å². The normalized spacial score (nSPS) is 11.9. The van der Waals surface area contributed by atoms with Crippen LogP contribution in [-0.2, 0) is 24.2 Å². The lowest BCUT2D eigenvalue weighted by atomic mass is 9.89. The summed E-state index contributed by atoms with van der Waals surface area (Å²) in [5, 5.41) is 4.38. The maximum atomic E-state index is 13.2. The van der Waals surface area contributed by atoms with Crippen molar-refractivity contribution in [2.45, 2.75) is 45.1 Å². The summed E-state index contributed by atoms with van der Waals surface area (Å²) in [6, 6.07) is 33.8. The zero-order valence-corrected chi connectivity index (χ0v) is 22.0. The first-order chi connectivity index (χ1) is 18.7. The number of aromatic nitrogens is 2. The molecule has 0 aliphatic heterocycles. The number of carbonyl (C=O) groups excluding carboxylic acids is 1. The van der Waals surface area contributed by atoms with Gasteiger partial charge in [-0.25, -0.2) is 0 Å². The van der Waals surface area contributed by atoms with E-state index in [9.17, 15) is 4.79 Å². The van der Waals surface area contributed by atoms with Crippen molar-refractivity contribution in [1.82, 2.24) is 14.9 Å². The summed E-state index contributed by atoms with van der Waals surface area (Å²) in [5.41, 5.74) is 7.30. The maximum Gasteiger partial charge on any atom is 0.220 e. The molecular weight excluding hydrogens is 466 g/mol. The first-order valence-electron chi connectivity index (χ1n) is 13.5. The number of pyridine rings is 1. The smallest absolute Gasteiger partial charge is 0.220 e. The second kappa shape index (κ2) is 12.4. The lowest BCUT2D eigenvalue weighted by Crippen LogP contribution is -2.27. The Balaban J connectivity index is 1.37. The van der Waals surface area contributed by atoms with Gasteiger partial charge in [0.05, 0.1) is 0 Å². The molecule has 5 rings (SSSR count). The molecule has 0 saturated heterocycles. The van der Waals surface area contributed by atoms with Crippen molar-refractivity contribution in [3.05, 3.63) is 137 Å². The molecule has 1 N–H and O–H groups in total. The van der Waals surface area contributed by atoms with E-state index in [1.54, 1.807) is 6.20 Å². The minimum absolute atomic E-state index is 0.0920. The molecule has 0 aliphatic rings. The summed E-state index contributed by atoms with van der Waals surface area (Å²) in [7, 11) is 0. The van der Waals surface area contributed by atoms with Gasteiger partial charge in [0.2, 0.25) is 5.91 Å². The Morgan fingerprint density at radius 3 is 2.39 bits per heavy atom. The van der Waals surface area contributed by atoms with Crippen molar-refractivity contribution in [2.24, 2.45) is 0 Å². The largest absolute Gasteiger partial charge is 0.356 e. The fraction of sp³-hybridized carbons (Fsp3) is 0.235. The highest BCUT2D eigenvalue weighted by molar-refractivity contribution is 5.86. The molecular formula is C34H35N3O. The van der Waals surface area contributed by atoms with E-state index in [4.69, 9.17) is 0 Å². The van der Waals surface area contributed by atoms with Gasteiger partial charge in [0.25, 0.3) is 0 Å². The van der Waals surface area contributed by atoms with Gasteiger partial charge >= 0.3 is 0 Å². The second-order valence-corrected chi connectivity index (χ2v) is 10.1. The number of para-hydroxylation sites is 1. The van der Waals surface area contributed by atoms with Gasteiger partial charge in [-0.3, -0.25) is 9.78 Å². The van der Waals surface area contributed by atoms with Crippen LogP contribution in [0.15, 0.2) is 109 Å². The SMILES string of the molecule is Cc1ccc(Cn2cc([C@H](CCc3ccccc3)CC(=O)NCCc3ccccn3)c3ccccc32)cc1. The quantitative estimate of drug-likeness (QED) is 0.215. The topological polar surface area (TPSA) is 46.9 Å². The van der Waals surface area contributed by atoms with E-state index in [0.29, 0.717) is 13.0 Å². The number of amides is 1. The fourth-order valence-electron chi connectivity index (χ4n) is 5.15. The third-order valence-corrected chi connectivity index (χ3v) is 7.22. The summed E-state index contributed by atoms with van der Waals surface area (Å²) < 4.78 is 2.34. The zero-order chi connectivity index (χ0) is 26.2. The van der Waals surface area contributed by atoms with Gasteiger partial charge in [-0.15, -0.1) is 0 Å². The molecule has 4 nitrogen and oxygen atoms in total. The molecule has 1 atom stereocenters. The Morgan fingerprint density at radius 2 is 1.61 bits per heavy atom. The molecule has 1 amide bonds. The number of nitrogens with zero attached hydrogens (tertiary/aromatic N) is 2. The van der Waals surface area contributed by atoms with Gasteiger partial charge in [0.1, 0.15) is 0 Å². The van der Waals surface area contributed by atoms with Crippen LogP contribution in [0, 0.1) is 6.92 Å². The highest BCUT2D eigenvalue weighted by Crippen LogP contribution is 2.33. The van der Waals surface area contributed by atoms with Crippen molar-refractivity contribution in [3.63, 3.8) is 0 Å². The third kappa shape index (κ3) is 6.57. The minimum atomic E-state index is 0.0920. The number of carbonyl (C=O) groups is 1. The van der Waals surface area contributed by atoms with Gasteiger partial charge in [0, 0.05) is 54.9 Å². The van der Waals surface area contributed by atoms with E-state index >= 15 is 0 Å². The monoisotopic (exact) mass is 501 g/mol. The van der Waals surface area contributed by atoms with Gasteiger partial charge < -0.3 is 9.88 Å². The van der Waals surface area contributed by atoms with Gasteiger partial charge in [0.15, 0.2) is 0 Å². The predicted octanol–water partition coefficient (Wildman–Crippen LogP) is 6.86. The van der Waals surface area contributed by atoms with Crippen molar-refractivity contribution in [1.29, 1.82) is 0 Å². The number of aryl methyl sites for hydroxylation is 2. The summed E-state index contributed by atoms with van der Waals surface area (Å²) in [6.07, 6.45) is 7.12. The third-order valence-electron chi connectivity index (χ3n) is 7.22. The Kier molecular flexibility index (Phi) is 8.29. The minimum Gasteiger partial charge on any atom is -0.356 e. The van der Waals surface area contributed by atoms with Gasteiger partial charge in [-0.05, 0) is 60.6 Å². The van der Waals surface area contributed by atoms with Crippen molar-refractivity contribution in [3.8, 4) is 0 Å². The molecule has 0 unspecified atom stereocenters. The van der Waals surface area contributed by atoms with E-state index in [0.717, 1.165) is 31.5 Å².